The molecule has 0 saturated carbocycles. The lowest BCUT2D eigenvalue weighted by molar-refractivity contribution is -0.141. The topological polar surface area (TPSA) is 86.3 Å². The van der Waals surface area contributed by atoms with Gasteiger partial charge in [0.25, 0.3) is 0 Å². The minimum Gasteiger partial charge on any atom is -0.493 e. The molecule has 1 N–H and O–H groups in total. The Balaban J connectivity index is 1.29. The summed E-state index contributed by atoms with van der Waals surface area (Å²) >= 11 is 0. The Morgan fingerprint density at radius 2 is 1.79 bits per heavy atom. The van der Waals surface area contributed by atoms with Crippen LogP contribution in [0.1, 0.15) is 53.6 Å². The number of aryl methyl sites for hydroxylation is 4. The number of aromatic amines is 1. The number of nitrogens with one attached hydrogen (secondary N) is 1. The zero-order valence-corrected chi connectivity index (χ0v) is 21.4. The van der Waals surface area contributed by atoms with Crippen LogP contribution in [0.15, 0.2) is 45.6 Å². The fraction of sp³-hybridized carbons (Fsp3) is 0.357. The molecule has 0 aliphatic carbocycles. The molecule has 0 amide bonds. The zero-order chi connectivity index (χ0) is 26.9. The van der Waals surface area contributed by atoms with Crippen molar-refractivity contribution < 1.29 is 31.7 Å². The Kier molecular flexibility index (Phi) is 7.05. The number of alkyl halides is 3. The van der Waals surface area contributed by atoms with Crippen LogP contribution in [0.3, 0.4) is 0 Å². The van der Waals surface area contributed by atoms with Gasteiger partial charge in [0.2, 0.25) is 0 Å². The van der Waals surface area contributed by atoms with Crippen LogP contribution in [-0.2, 0) is 25.6 Å². The minimum atomic E-state index is -4.58. The van der Waals surface area contributed by atoms with Gasteiger partial charge in [0.05, 0.1) is 23.3 Å². The molecule has 5 aromatic rings. The van der Waals surface area contributed by atoms with E-state index in [0.717, 1.165) is 52.1 Å². The van der Waals surface area contributed by atoms with E-state index in [4.69, 9.17) is 18.5 Å². The summed E-state index contributed by atoms with van der Waals surface area (Å²) in [5, 5.41) is 8.23. The quantitative estimate of drug-likeness (QED) is 0.190. The van der Waals surface area contributed by atoms with Crippen LogP contribution in [0, 0.1) is 13.8 Å². The first-order chi connectivity index (χ1) is 18.3. The van der Waals surface area contributed by atoms with Gasteiger partial charge in [-0.25, -0.2) is 0 Å². The predicted molar refractivity (Wildman–Crippen MR) is 135 cm³/mol. The molecular weight excluding hydrogens is 499 g/mol. The summed E-state index contributed by atoms with van der Waals surface area (Å²) in [5.41, 5.74) is 3.53. The van der Waals surface area contributed by atoms with Gasteiger partial charge in [-0.1, -0.05) is 29.7 Å². The smallest absolute Gasteiger partial charge is 0.437 e. The molecule has 3 heterocycles. The van der Waals surface area contributed by atoms with Crippen LogP contribution in [0.2, 0.25) is 0 Å². The first-order valence-electron chi connectivity index (χ1n) is 12.5. The van der Waals surface area contributed by atoms with Crippen molar-refractivity contribution in [3.8, 4) is 11.5 Å². The van der Waals surface area contributed by atoms with Gasteiger partial charge in [-0.05, 0) is 62.9 Å². The summed E-state index contributed by atoms with van der Waals surface area (Å²) in [6.45, 7) is 6.44. The first kappa shape index (κ1) is 25.7. The van der Waals surface area contributed by atoms with Gasteiger partial charge in [0.15, 0.2) is 11.3 Å². The molecule has 0 unspecified atom stereocenters. The van der Waals surface area contributed by atoms with Gasteiger partial charge >= 0.3 is 6.18 Å². The molecule has 0 fully saturated rings. The second-order valence-electron chi connectivity index (χ2n) is 9.23. The van der Waals surface area contributed by atoms with Crippen molar-refractivity contribution in [3.63, 3.8) is 0 Å². The Morgan fingerprint density at radius 1 is 0.947 bits per heavy atom. The number of hydrogen-bond acceptors (Lipinski definition) is 6. The summed E-state index contributed by atoms with van der Waals surface area (Å²) in [6.07, 6.45) is 0.0504. The number of H-pyrrole nitrogens is 1. The molecule has 0 aliphatic heterocycles. The maximum absolute atomic E-state index is 13.3. The highest BCUT2D eigenvalue weighted by molar-refractivity contribution is 5.89. The Morgan fingerprint density at radius 3 is 2.53 bits per heavy atom. The number of fused-ring (bicyclic) bond motifs is 2. The molecule has 200 valence electrons. The first-order valence-corrected chi connectivity index (χ1v) is 12.5. The molecule has 2 aromatic carbocycles. The molecule has 38 heavy (non-hydrogen) atoms. The summed E-state index contributed by atoms with van der Waals surface area (Å²) in [5.74, 6) is 2.02. The van der Waals surface area contributed by atoms with E-state index in [2.05, 4.69) is 15.3 Å². The number of aromatic nitrogens is 3. The van der Waals surface area contributed by atoms with E-state index in [1.165, 1.54) is 6.07 Å². The number of rotatable bonds is 10. The molecule has 0 atom stereocenters. The maximum atomic E-state index is 13.3. The second-order valence-corrected chi connectivity index (χ2v) is 9.23. The monoisotopic (exact) mass is 527 g/mol. The van der Waals surface area contributed by atoms with Gasteiger partial charge < -0.3 is 23.5 Å². The van der Waals surface area contributed by atoms with E-state index < -0.39 is 11.9 Å². The maximum Gasteiger partial charge on any atom is 0.437 e. The van der Waals surface area contributed by atoms with E-state index in [9.17, 15) is 13.2 Å². The molecule has 0 aliphatic rings. The van der Waals surface area contributed by atoms with Crippen molar-refractivity contribution in [2.45, 2.75) is 59.2 Å². The lowest BCUT2D eigenvalue weighted by atomic mass is 10.0. The largest absolute Gasteiger partial charge is 0.493 e. The van der Waals surface area contributed by atoms with Crippen molar-refractivity contribution in [3.05, 3.63) is 70.4 Å². The van der Waals surface area contributed by atoms with Crippen LogP contribution in [0.4, 0.5) is 13.2 Å². The van der Waals surface area contributed by atoms with E-state index in [1.54, 1.807) is 6.07 Å². The average molecular weight is 528 g/mol. The highest BCUT2D eigenvalue weighted by atomic mass is 19.4. The van der Waals surface area contributed by atoms with Gasteiger partial charge in [0.1, 0.15) is 23.9 Å². The third kappa shape index (κ3) is 4.94. The van der Waals surface area contributed by atoms with Crippen molar-refractivity contribution >= 4 is 21.9 Å². The number of benzene rings is 2. The Hall–Kier alpha value is -3.95. The Labute approximate surface area is 216 Å². The van der Waals surface area contributed by atoms with Gasteiger partial charge in [-0.15, -0.1) is 0 Å². The van der Waals surface area contributed by atoms with Crippen LogP contribution in [0.5, 0.6) is 11.5 Å². The number of halogens is 3. The lowest BCUT2D eigenvalue weighted by Gasteiger charge is -2.12. The molecule has 0 spiro atoms. The number of ether oxygens (including phenoxy) is 2. The minimum absolute atomic E-state index is 0.0452. The molecule has 0 saturated heterocycles. The molecular formula is C28H28F3N3O4. The molecule has 3 aromatic heterocycles. The molecule has 0 bridgehead atoms. The second kappa shape index (κ2) is 10.4. The van der Waals surface area contributed by atoms with Crippen molar-refractivity contribution in [1.82, 2.24) is 15.3 Å². The highest BCUT2D eigenvalue weighted by Gasteiger charge is 2.37. The SMILES string of the molecule is CCCc1c(OCCCc2c[nH]c3cccc(OCc4c(C)noc4C)c23)ccc2c(C(F)(F)F)noc12. The van der Waals surface area contributed by atoms with Gasteiger partial charge in [-0.2, -0.15) is 13.2 Å². The van der Waals surface area contributed by atoms with Gasteiger partial charge in [-0.3, -0.25) is 0 Å². The summed E-state index contributed by atoms with van der Waals surface area (Å²) in [4.78, 5) is 3.30. The van der Waals surface area contributed by atoms with E-state index in [1.807, 2.05) is 45.2 Å². The summed E-state index contributed by atoms with van der Waals surface area (Å²) in [7, 11) is 0. The van der Waals surface area contributed by atoms with E-state index in [0.29, 0.717) is 37.4 Å². The van der Waals surface area contributed by atoms with E-state index in [-0.39, 0.29) is 11.0 Å². The average Bonchev–Trinajstić information content (AvgIpc) is 3.59. The van der Waals surface area contributed by atoms with Crippen molar-refractivity contribution in [2.24, 2.45) is 0 Å². The standard InChI is InChI=1S/C28H28F3N3O4/c1-4-7-19-23(12-11-20-26(19)38-34-27(20)28(29,30)31)35-13-6-8-18-14-32-22-9-5-10-24(25(18)22)36-15-21-16(2)33-37-17(21)3/h5,9-12,14,32H,4,6-8,13,15H2,1-3H3. The van der Waals surface area contributed by atoms with Crippen LogP contribution >= 0.6 is 0 Å². The fourth-order valence-electron chi connectivity index (χ4n) is 4.71. The van der Waals surface area contributed by atoms with Crippen LogP contribution in [0.25, 0.3) is 21.9 Å². The zero-order valence-electron chi connectivity index (χ0n) is 21.4. The number of nitrogens with zero attached hydrogens (tertiary/aromatic N) is 2. The Bertz CT molecular complexity index is 1550. The fourth-order valence-corrected chi connectivity index (χ4v) is 4.71. The molecule has 7 nitrogen and oxygen atoms in total. The van der Waals surface area contributed by atoms with Crippen molar-refractivity contribution in [1.29, 1.82) is 0 Å². The van der Waals surface area contributed by atoms with Gasteiger partial charge in [0, 0.05) is 22.7 Å². The highest BCUT2D eigenvalue weighted by Crippen LogP contribution is 2.38. The van der Waals surface area contributed by atoms with E-state index >= 15 is 0 Å². The molecule has 5 rings (SSSR count). The van der Waals surface area contributed by atoms with Crippen molar-refractivity contribution in [2.75, 3.05) is 6.61 Å². The lowest BCUT2D eigenvalue weighted by Crippen LogP contribution is -2.06. The summed E-state index contributed by atoms with van der Waals surface area (Å²) in [6, 6.07) is 8.81. The summed E-state index contributed by atoms with van der Waals surface area (Å²) < 4.78 is 62.4. The van der Waals surface area contributed by atoms with Crippen LogP contribution < -0.4 is 9.47 Å². The molecule has 0 radical (unpaired) electrons. The number of hydrogen-bond donors (Lipinski definition) is 1. The third-order valence-electron chi connectivity index (χ3n) is 6.62. The van der Waals surface area contributed by atoms with Crippen LogP contribution in [-0.4, -0.2) is 21.9 Å². The predicted octanol–water partition coefficient (Wildman–Crippen LogP) is 7.48. The molecule has 10 heteroatoms. The third-order valence-corrected chi connectivity index (χ3v) is 6.62. The normalized spacial score (nSPS) is 12.1.